The Labute approximate surface area is 124 Å². The van der Waals surface area contributed by atoms with Crippen molar-refractivity contribution in [2.45, 2.75) is 39.7 Å². The van der Waals surface area contributed by atoms with Crippen LogP contribution < -0.4 is 0 Å². The summed E-state index contributed by atoms with van der Waals surface area (Å²) in [6, 6.07) is 1.99. The first-order valence-electron chi connectivity index (χ1n) is 7.33. The van der Waals surface area contributed by atoms with Crippen LogP contribution in [-0.2, 0) is 11.3 Å². The minimum atomic E-state index is 0.140. The molecule has 1 N–H and O–H groups in total. The predicted octanol–water partition coefficient (Wildman–Crippen LogP) is 1.55. The van der Waals surface area contributed by atoms with E-state index < -0.39 is 0 Å². The minimum Gasteiger partial charge on any atom is -0.340 e. The van der Waals surface area contributed by atoms with Gasteiger partial charge in [-0.05, 0) is 38.8 Å². The van der Waals surface area contributed by atoms with Gasteiger partial charge in [-0.3, -0.25) is 14.6 Å². The molecular weight excluding hydrogens is 266 g/mol. The summed E-state index contributed by atoms with van der Waals surface area (Å²) in [5, 5.41) is 11.5. The summed E-state index contributed by atoms with van der Waals surface area (Å²) in [6.45, 7) is 7.88. The molecule has 1 saturated heterocycles. The lowest BCUT2D eigenvalue weighted by atomic mass is 10.0. The number of rotatable bonds is 3. The molecule has 1 unspecified atom stereocenters. The molecule has 1 aliphatic heterocycles. The van der Waals surface area contributed by atoms with Gasteiger partial charge >= 0.3 is 0 Å². The molecule has 1 fully saturated rings. The maximum Gasteiger partial charge on any atom is 0.244 e. The zero-order valence-electron chi connectivity index (χ0n) is 12.8. The summed E-state index contributed by atoms with van der Waals surface area (Å²) in [5.41, 5.74) is 4.32. The molecule has 0 bridgehead atoms. The third kappa shape index (κ3) is 2.70. The Morgan fingerprint density at radius 3 is 2.86 bits per heavy atom. The zero-order chi connectivity index (χ0) is 15.0. The number of carbonyl (C=O) groups is 1. The molecule has 6 nitrogen and oxygen atoms in total. The van der Waals surface area contributed by atoms with Crippen LogP contribution in [0.15, 0.2) is 12.3 Å². The fourth-order valence-corrected chi connectivity index (χ4v) is 3.06. The summed E-state index contributed by atoms with van der Waals surface area (Å²) in [4.78, 5) is 14.3. The first kappa shape index (κ1) is 13.9. The molecule has 1 amide bonds. The lowest BCUT2D eigenvalue weighted by Crippen LogP contribution is -2.32. The van der Waals surface area contributed by atoms with E-state index in [4.69, 9.17) is 0 Å². The van der Waals surface area contributed by atoms with Crippen LogP contribution in [0.1, 0.15) is 35.0 Å². The number of nitrogens with zero attached hydrogens (tertiary/aromatic N) is 4. The van der Waals surface area contributed by atoms with Crippen molar-refractivity contribution in [1.29, 1.82) is 0 Å². The van der Waals surface area contributed by atoms with Gasteiger partial charge in [0, 0.05) is 30.4 Å². The topological polar surface area (TPSA) is 66.8 Å². The molecule has 0 radical (unpaired) electrons. The Hall–Kier alpha value is -2.11. The highest BCUT2D eigenvalue weighted by Crippen LogP contribution is 2.27. The third-order valence-corrected chi connectivity index (χ3v) is 4.21. The number of likely N-dealkylation sites (tertiary alicyclic amines) is 1. The van der Waals surface area contributed by atoms with E-state index in [9.17, 15) is 4.79 Å². The number of H-pyrrole nitrogens is 1. The van der Waals surface area contributed by atoms with Crippen molar-refractivity contribution >= 4 is 5.91 Å². The highest BCUT2D eigenvalue weighted by molar-refractivity contribution is 5.76. The number of aromatic nitrogens is 4. The Bertz CT molecular complexity index is 657. The van der Waals surface area contributed by atoms with E-state index in [2.05, 4.69) is 22.2 Å². The van der Waals surface area contributed by atoms with Gasteiger partial charge in [-0.2, -0.15) is 10.2 Å². The lowest BCUT2D eigenvalue weighted by molar-refractivity contribution is -0.131. The van der Waals surface area contributed by atoms with Crippen LogP contribution in [0, 0.1) is 20.8 Å². The van der Waals surface area contributed by atoms with Gasteiger partial charge in [-0.15, -0.1) is 0 Å². The van der Waals surface area contributed by atoms with Gasteiger partial charge in [0.1, 0.15) is 6.54 Å². The number of aromatic amines is 1. The summed E-state index contributed by atoms with van der Waals surface area (Å²) >= 11 is 0. The molecular formula is C15H21N5O. The molecule has 1 atom stereocenters. The monoisotopic (exact) mass is 287 g/mol. The number of carbonyl (C=O) groups excluding carboxylic acids is 1. The highest BCUT2D eigenvalue weighted by atomic mass is 16.2. The highest BCUT2D eigenvalue weighted by Gasteiger charge is 2.29. The second-order valence-corrected chi connectivity index (χ2v) is 5.88. The average molecular weight is 287 g/mol. The second-order valence-electron chi connectivity index (χ2n) is 5.88. The van der Waals surface area contributed by atoms with Gasteiger partial charge < -0.3 is 4.90 Å². The van der Waals surface area contributed by atoms with Gasteiger partial charge in [0.05, 0.1) is 11.9 Å². The smallest absolute Gasteiger partial charge is 0.244 e. The van der Waals surface area contributed by atoms with Crippen molar-refractivity contribution in [3.63, 3.8) is 0 Å². The minimum absolute atomic E-state index is 0.140. The van der Waals surface area contributed by atoms with E-state index in [1.165, 1.54) is 5.56 Å². The van der Waals surface area contributed by atoms with E-state index in [1.54, 1.807) is 4.68 Å². The molecule has 1 aliphatic rings. The zero-order valence-corrected chi connectivity index (χ0v) is 12.8. The largest absolute Gasteiger partial charge is 0.340 e. The average Bonchev–Trinajstić information content (AvgIpc) is 3.11. The van der Waals surface area contributed by atoms with Crippen LogP contribution in [0.5, 0.6) is 0 Å². The fourth-order valence-electron chi connectivity index (χ4n) is 3.06. The van der Waals surface area contributed by atoms with E-state index in [-0.39, 0.29) is 5.91 Å². The van der Waals surface area contributed by atoms with E-state index in [0.29, 0.717) is 12.5 Å². The van der Waals surface area contributed by atoms with Crippen LogP contribution in [0.2, 0.25) is 0 Å². The number of nitrogens with one attached hydrogen (secondary N) is 1. The summed E-state index contributed by atoms with van der Waals surface area (Å²) < 4.78 is 1.78. The van der Waals surface area contributed by atoms with Crippen molar-refractivity contribution < 1.29 is 4.79 Å². The first-order valence-corrected chi connectivity index (χ1v) is 7.33. The maximum atomic E-state index is 12.4. The fraction of sp³-hybridized carbons (Fsp3) is 0.533. The Kier molecular flexibility index (Phi) is 3.53. The molecule has 2 aromatic rings. The Morgan fingerprint density at radius 2 is 2.24 bits per heavy atom. The van der Waals surface area contributed by atoms with Crippen LogP contribution in [0.3, 0.4) is 0 Å². The molecule has 0 saturated carbocycles. The molecule has 0 spiro atoms. The molecule has 21 heavy (non-hydrogen) atoms. The van der Waals surface area contributed by atoms with Crippen LogP contribution in [0.25, 0.3) is 0 Å². The van der Waals surface area contributed by atoms with Gasteiger partial charge in [-0.1, -0.05) is 0 Å². The van der Waals surface area contributed by atoms with Crippen molar-refractivity contribution in [1.82, 2.24) is 24.9 Å². The molecule has 0 aliphatic carbocycles. The maximum absolute atomic E-state index is 12.4. The molecule has 2 aromatic heterocycles. The van der Waals surface area contributed by atoms with Crippen molar-refractivity contribution in [2.75, 3.05) is 13.1 Å². The van der Waals surface area contributed by atoms with Crippen molar-refractivity contribution in [2.24, 2.45) is 0 Å². The van der Waals surface area contributed by atoms with Crippen molar-refractivity contribution in [3.8, 4) is 0 Å². The van der Waals surface area contributed by atoms with Gasteiger partial charge in [-0.25, -0.2) is 0 Å². The molecule has 0 aromatic carbocycles. The molecule has 112 valence electrons. The van der Waals surface area contributed by atoms with E-state index in [1.807, 2.05) is 31.0 Å². The number of aryl methyl sites for hydroxylation is 3. The Morgan fingerprint density at radius 1 is 1.43 bits per heavy atom. The quantitative estimate of drug-likeness (QED) is 0.931. The number of hydrogen-bond donors (Lipinski definition) is 1. The van der Waals surface area contributed by atoms with Crippen molar-refractivity contribution in [3.05, 3.63) is 34.9 Å². The summed E-state index contributed by atoms with van der Waals surface area (Å²) in [7, 11) is 0. The molecule has 3 rings (SSSR count). The standard InChI is InChI=1S/C15H21N5O/c1-10-7-16-17-15(10)13-4-5-19(8-13)14(21)9-20-12(3)6-11(2)18-20/h6-7,13H,4-5,8-9H2,1-3H3,(H,16,17). The number of amides is 1. The van der Waals surface area contributed by atoms with Crippen LogP contribution >= 0.6 is 0 Å². The SMILES string of the molecule is Cc1cc(C)n(CC(=O)N2CCC(c3[nH]ncc3C)C2)n1. The van der Waals surface area contributed by atoms with Crippen LogP contribution in [0.4, 0.5) is 0 Å². The lowest BCUT2D eigenvalue weighted by Gasteiger charge is -2.17. The third-order valence-electron chi connectivity index (χ3n) is 4.21. The van der Waals surface area contributed by atoms with Gasteiger partial charge in [0.2, 0.25) is 5.91 Å². The predicted molar refractivity (Wildman–Crippen MR) is 79.0 cm³/mol. The Balaban J connectivity index is 1.65. The van der Waals surface area contributed by atoms with Crippen LogP contribution in [-0.4, -0.2) is 43.9 Å². The van der Waals surface area contributed by atoms with E-state index >= 15 is 0 Å². The summed E-state index contributed by atoms with van der Waals surface area (Å²) in [5.74, 6) is 0.512. The second kappa shape index (κ2) is 5.35. The van der Waals surface area contributed by atoms with E-state index in [0.717, 1.165) is 36.6 Å². The number of hydrogen-bond acceptors (Lipinski definition) is 3. The summed E-state index contributed by atoms with van der Waals surface area (Å²) in [6.07, 6.45) is 2.83. The van der Waals surface area contributed by atoms with Gasteiger partial charge in [0.25, 0.3) is 0 Å². The van der Waals surface area contributed by atoms with Gasteiger partial charge in [0.15, 0.2) is 0 Å². The first-order chi connectivity index (χ1) is 10.0. The molecule has 3 heterocycles. The molecule has 6 heteroatoms. The normalized spacial score (nSPS) is 18.4.